The molecule has 0 aliphatic heterocycles. The summed E-state index contributed by atoms with van der Waals surface area (Å²) in [6, 6.07) is 20.8. The third-order valence-corrected chi connectivity index (χ3v) is 9.60. The van der Waals surface area contributed by atoms with Gasteiger partial charge in [0.15, 0.2) is 17.4 Å². The molecule has 4 rings (SSSR count). The van der Waals surface area contributed by atoms with Crippen LogP contribution < -0.4 is 9.47 Å². The molecule has 0 unspecified atom stereocenters. The van der Waals surface area contributed by atoms with Gasteiger partial charge in [0, 0.05) is 5.56 Å². The first-order valence-corrected chi connectivity index (χ1v) is 19.8. The molecule has 0 N–H and O–H groups in total. The van der Waals surface area contributed by atoms with Crippen LogP contribution in [0.2, 0.25) is 0 Å². The summed E-state index contributed by atoms with van der Waals surface area (Å²) in [4.78, 5) is 25.6. The van der Waals surface area contributed by atoms with Crippen molar-refractivity contribution in [3.05, 3.63) is 107 Å². The van der Waals surface area contributed by atoms with Crippen LogP contribution in [0.4, 0.5) is 13.2 Å². The number of hydrogen-bond donors (Lipinski definition) is 0. The highest BCUT2D eigenvalue weighted by Gasteiger charge is 2.23. The van der Waals surface area contributed by atoms with Crippen molar-refractivity contribution < 1.29 is 37.0 Å². The molecular weight excluding hydrogens is 689 g/mol. The summed E-state index contributed by atoms with van der Waals surface area (Å²) < 4.78 is 61.1. The molecule has 0 fully saturated rings. The molecule has 0 bridgehead atoms. The summed E-state index contributed by atoms with van der Waals surface area (Å²) in [5, 5.41) is 0. The molecule has 0 radical (unpaired) electrons. The Morgan fingerprint density at radius 2 is 1.04 bits per heavy atom. The predicted molar refractivity (Wildman–Crippen MR) is 210 cm³/mol. The number of benzene rings is 4. The van der Waals surface area contributed by atoms with E-state index in [9.17, 15) is 22.8 Å². The largest absolute Gasteiger partial charge is 0.494 e. The number of carbonyl (C=O) groups is 2. The summed E-state index contributed by atoms with van der Waals surface area (Å²) >= 11 is 0. The first-order valence-electron chi connectivity index (χ1n) is 19.8. The Labute approximate surface area is 319 Å². The Kier molecular flexibility index (Phi) is 17.6. The van der Waals surface area contributed by atoms with Crippen molar-refractivity contribution in [3.63, 3.8) is 0 Å². The summed E-state index contributed by atoms with van der Waals surface area (Å²) in [6.45, 7) is 6.88. The number of esters is 2. The van der Waals surface area contributed by atoms with Gasteiger partial charge in [-0.05, 0) is 85.3 Å². The lowest BCUT2D eigenvalue weighted by Gasteiger charge is -2.14. The summed E-state index contributed by atoms with van der Waals surface area (Å²) in [5.74, 6) is -6.27. The van der Waals surface area contributed by atoms with Gasteiger partial charge in [-0.2, -0.15) is 4.39 Å². The molecule has 0 aromatic heterocycles. The van der Waals surface area contributed by atoms with Crippen LogP contribution in [0.15, 0.2) is 78.9 Å². The second kappa shape index (κ2) is 22.6. The van der Waals surface area contributed by atoms with E-state index in [2.05, 4.69) is 13.8 Å². The maximum Gasteiger partial charge on any atom is 0.343 e. The van der Waals surface area contributed by atoms with Crippen LogP contribution in [0.3, 0.4) is 0 Å². The maximum absolute atomic E-state index is 14.9. The van der Waals surface area contributed by atoms with E-state index in [1.165, 1.54) is 87.8 Å². The Bertz CT molecular complexity index is 1740. The van der Waals surface area contributed by atoms with Gasteiger partial charge in [-0.25, -0.2) is 18.4 Å². The van der Waals surface area contributed by atoms with Gasteiger partial charge in [0.05, 0.1) is 23.8 Å². The van der Waals surface area contributed by atoms with Crippen molar-refractivity contribution in [2.75, 3.05) is 6.61 Å². The highest BCUT2D eigenvalue weighted by atomic mass is 19.2. The number of rotatable bonds is 23. The molecule has 0 aliphatic carbocycles. The fourth-order valence-electron chi connectivity index (χ4n) is 6.30. The zero-order valence-electron chi connectivity index (χ0n) is 32.1. The van der Waals surface area contributed by atoms with E-state index in [-0.39, 0.29) is 28.4 Å². The Morgan fingerprint density at radius 3 is 1.61 bits per heavy atom. The molecular formula is C46H55F3O5. The molecule has 290 valence electrons. The van der Waals surface area contributed by atoms with Crippen molar-refractivity contribution >= 4 is 11.9 Å². The Hall–Kier alpha value is -4.59. The lowest BCUT2D eigenvalue weighted by molar-refractivity contribution is 0.0319. The van der Waals surface area contributed by atoms with Gasteiger partial charge < -0.3 is 14.2 Å². The van der Waals surface area contributed by atoms with Crippen LogP contribution >= 0.6 is 0 Å². The van der Waals surface area contributed by atoms with Gasteiger partial charge in [-0.3, -0.25) is 0 Å². The van der Waals surface area contributed by atoms with Gasteiger partial charge in [0.1, 0.15) is 5.75 Å². The third kappa shape index (κ3) is 13.1. The summed E-state index contributed by atoms with van der Waals surface area (Å²) in [6.07, 6.45) is 17.5. The second-order valence-electron chi connectivity index (χ2n) is 14.0. The van der Waals surface area contributed by atoms with Crippen LogP contribution in [0.5, 0.6) is 11.5 Å². The Morgan fingerprint density at radius 1 is 0.556 bits per heavy atom. The average molecular weight is 745 g/mol. The van der Waals surface area contributed by atoms with Crippen LogP contribution in [0, 0.1) is 17.5 Å². The zero-order valence-corrected chi connectivity index (χ0v) is 32.1. The van der Waals surface area contributed by atoms with Crippen LogP contribution in [0.1, 0.15) is 138 Å². The topological polar surface area (TPSA) is 61.8 Å². The normalized spacial score (nSPS) is 11.7. The van der Waals surface area contributed by atoms with E-state index in [1.807, 2.05) is 31.2 Å². The first-order chi connectivity index (χ1) is 26.2. The van der Waals surface area contributed by atoms with Gasteiger partial charge >= 0.3 is 11.9 Å². The Balaban J connectivity index is 1.29. The van der Waals surface area contributed by atoms with Crippen molar-refractivity contribution in [1.82, 2.24) is 0 Å². The SMILES string of the molecule is CCCCCCCCCCCCOc1ccc(-c2ccc(C(=O)Oc3cc(-c4ccc(C(=O)O[C@@H](C)CCCCCC)cc4)c(F)c(F)c3F)cc2)cc1. The van der Waals surface area contributed by atoms with E-state index < -0.39 is 35.1 Å². The van der Waals surface area contributed by atoms with Crippen molar-refractivity contribution in [2.45, 2.75) is 123 Å². The van der Waals surface area contributed by atoms with Crippen LogP contribution in [-0.4, -0.2) is 24.6 Å². The zero-order chi connectivity index (χ0) is 38.7. The van der Waals surface area contributed by atoms with Gasteiger partial charge in [-0.1, -0.05) is 127 Å². The average Bonchev–Trinajstić information content (AvgIpc) is 3.19. The first kappa shape index (κ1) is 42.2. The lowest BCUT2D eigenvalue weighted by Crippen LogP contribution is -2.15. The number of hydrogen-bond acceptors (Lipinski definition) is 5. The maximum atomic E-state index is 14.9. The lowest BCUT2D eigenvalue weighted by atomic mass is 10.0. The van der Waals surface area contributed by atoms with Gasteiger partial charge in [-0.15, -0.1) is 0 Å². The van der Waals surface area contributed by atoms with E-state index in [0.29, 0.717) is 6.61 Å². The highest BCUT2D eigenvalue weighted by molar-refractivity contribution is 5.92. The van der Waals surface area contributed by atoms with Crippen LogP contribution in [0.25, 0.3) is 22.3 Å². The molecule has 4 aromatic carbocycles. The molecule has 0 heterocycles. The van der Waals surface area contributed by atoms with E-state index >= 15 is 0 Å². The summed E-state index contributed by atoms with van der Waals surface area (Å²) in [5.41, 5.74) is 1.92. The number of ether oxygens (including phenoxy) is 3. The smallest absolute Gasteiger partial charge is 0.343 e. The third-order valence-electron chi connectivity index (χ3n) is 9.60. The van der Waals surface area contributed by atoms with E-state index in [1.54, 1.807) is 12.1 Å². The van der Waals surface area contributed by atoms with Crippen molar-refractivity contribution in [2.24, 2.45) is 0 Å². The van der Waals surface area contributed by atoms with Gasteiger partial charge in [0.25, 0.3) is 0 Å². The minimum Gasteiger partial charge on any atom is -0.494 e. The fourth-order valence-corrected chi connectivity index (χ4v) is 6.30. The van der Waals surface area contributed by atoms with E-state index in [4.69, 9.17) is 14.2 Å². The van der Waals surface area contributed by atoms with Crippen LogP contribution in [-0.2, 0) is 4.74 Å². The molecule has 0 saturated carbocycles. The van der Waals surface area contributed by atoms with Crippen molar-refractivity contribution in [1.29, 1.82) is 0 Å². The minimum atomic E-state index is -1.78. The predicted octanol–water partition coefficient (Wildman–Crippen LogP) is 13.5. The second-order valence-corrected chi connectivity index (χ2v) is 14.0. The van der Waals surface area contributed by atoms with Gasteiger partial charge in [0.2, 0.25) is 5.82 Å². The standard InChI is InChI=1S/C46H55F3O5/c1-4-6-8-10-11-12-13-14-15-17-31-52-39-29-27-35(28-30-39)34-19-23-38(24-20-34)46(51)54-41-32-40(42(47)44(49)43(41)48)36-21-25-37(26-22-36)45(50)53-33(3)18-16-9-7-5-2/h19-30,32-33H,4-18,31H2,1-3H3/t33-/m0/s1. The summed E-state index contributed by atoms with van der Waals surface area (Å²) in [7, 11) is 0. The molecule has 5 nitrogen and oxygen atoms in total. The molecule has 8 heteroatoms. The quantitative estimate of drug-likeness (QED) is 0.0327. The minimum absolute atomic E-state index is 0.100. The fraction of sp³-hybridized carbons (Fsp3) is 0.435. The molecule has 1 atom stereocenters. The number of unbranched alkanes of at least 4 members (excludes halogenated alkanes) is 12. The molecule has 0 saturated heterocycles. The molecule has 4 aromatic rings. The molecule has 54 heavy (non-hydrogen) atoms. The number of carbonyl (C=O) groups excluding carboxylic acids is 2. The van der Waals surface area contributed by atoms with E-state index in [0.717, 1.165) is 67.9 Å². The number of halogens is 3. The van der Waals surface area contributed by atoms with Crippen molar-refractivity contribution in [3.8, 4) is 33.8 Å². The monoisotopic (exact) mass is 744 g/mol. The molecule has 0 amide bonds. The highest BCUT2D eigenvalue weighted by Crippen LogP contribution is 2.33. The molecule has 0 aliphatic rings. The molecule has 0 spiro atoms.